The highest BCUT2D eigenvalue weighted by Gasteiger charge is 2.10. The topological polar surface area (TPSA) is 69.6 Å². The van der Waals surface area contributed by atoms with Gasteiger partial charge < -0.3 is 4.42 Å². The van der Waals surface area contributed by atoms with Crippen LogP contribution in [0, 0.1) is 0 Å². The number of nitrogens with zero attached hydrogens (tertiary/aromatic N) is 5. The van der Waals surface area contributed by atoms with E-state index in [0.717, 1.165) is 16.9 Å². The molecule has 6 nitrogen and oxygen atoms in total. The Hall–Kier alpha value is -2.93. The van der Waals surface area contributed by atoms with E-state index in [9.17, 15) is 0 Å². The summed E-state index contributed by atoms with van der Waals surface area (Å²) >= 11 is 1.44. The first-order valence-corrected chi connectivity index (χ1v) is 8.35. The largest absolute Gasteiger partial charge is 0.411 e. The summed E-state index contributed by atoms with van der Waals surface area (Å²) in [6.45, 7) is 0. The molecule has 0 aliphatic heterocycles. The van der Waals surface area contributed by atoms with Gasteiger partial charge in [0.1, 0.15) is 0 Å². The molecule has 24 heavy (non-hydrogen) atoms. The molecule has 0 fully saturated rings. The molecule has 118 valence electrons. The zero-order chi connectivity index (χ0) is 16.2. The van der Waals surface area contributed by atoms with Crippen LogP contribution < -0.4 is 0 Å². The summed E-state index contributed by atoms with van der Waals surface area (Å²) < 4.78 is 7.42. The normalized spacial score (nSPS) is 10.8. The van der Waals surface area contributed by atoms with Crippen molar-refractivity contribution < 1.29 is 4.42 Å². The lowest BCUT2D eigenvalue weighted by Gasteiger charge is -1.97. The molecule has 4 aromatic rings. The SMILES string of the molecule is c1ccc(-c2nnc(SCc3cn(-c4ccccc4)nn3)o2)cc1. The molecule has 0 aliphatic rings. The number of hydrogen-bond acceptors (Lipinski definition) is 6. The lowest BCUT2D eigenvalue weighted by molar-refractivity contribution is 0.466. The van der Waals surface area contributed by atoms with Crippen molar-refractivity contribution >= 4 is 11.8 Å². The predicted molar refractivity (Wildman–Crippen MR) is 90.7 cm³/mol. The molecular weight excluding hydrogens is 322 g/mol. The average Bonchev–Trinajstić information content (AvgIpc) is 3.31. The van der Waals surface area contributed by atoms with Crippen LogP contribution in [0.3, 0.4) is 0 Å². The smallest absolute Gasteiger partial charge is 0.277 e. The first kappa shape index (κ1) is 14.6. The number of rotatable bonds is 5. The van der Waals surface area contributed by atoms with Crippen molar-refractivity contribution in [2.45, 2.75) is 11.0 Å². The zero-order valence-electron chi connectivity index (χ0n) is 12.6. The molecule has 2 heterocycles. The zero-order valence-corrected chi connectivity index (χ0v) is 13.4. The lowest BCUT2D eigenvalue weighted by atomic mass is 10.2. The van der Waals surface area contributed by atoms with Crippen molar-refractivity contribution in [1.29, 1.82) is 0 Å². The van der Waals surface area contributed by atoms with Crippen LogP contribution in [0.2, 0.25) is 0 Å². The van der Waals surface area contributed by atoms with E-state index in [1.54, 1.807) is 4.68 Å². The summed E-state index contributed by atoms with van der Waals surface area (Å²) in [6, 6.07) is 19.6. The Morgan fingerprint density at radius 2 is 1.62 bits per heavy atom. The third-order valence-corrected chi connectivity index (χ3v) is 4.18. The quantitative estimate of drug-likeness (QED) is 0.519. The highest BCUT2D eigenvalue weighted by atomic mass is 32.2. The summed E-state index contributed by atoms with van der Waals surface area (Å²) in [4.78, 5) is 0. The van der Waals surface area contributed by atoms with Crippen LogP contribution in [-0.2, 0) is 5.75 Å². The highest BCUT2D eigenvalue weighted by Crippen LogP contribution is 2.25. The van der Waals surface area contributed by atoms with Crippen LogP contribution in [0.1, 0.15) is 5.69 Å². The third kappa shape index (κ3) is 3.21. The van der Waals surface area contributed by atoms with Crippen LogP contribution in [0.15, 0.2) is 76.5 Å². The molecule has 7 heteroatoms. The fourth-order valence-corrected chi connectivity index (χ4v) is 2.81. The van der Waals surface area contributed by atoms with E-state index in [0.29, 0.717) is 16.9 Å². The summed E-state index contributed by atoms with van der Waals surface area (Å²) in [7, 11) is 0. The van der Waals surface area contributed by atoms with Gasteiger partial charge in [-0.25, -0.2) is 4.68 Å². The van der Waals surface area contributed by atoms with Crippen LogP contribution in [0.25, 0.3) is 17.1 Å². The summed E-state index contributed by atoms with van der Waals surface area (Å²) in [6.07, 6.45) is 1.90. The second-order valence-electron chi connectivity index (χ2n) is 5.02. The Bertz CT molecular complexity index is 843. The minimum absolute atomic E-state index is 0.517. The highest BCUT2D eigenvalue weighted by molar-refractivity contribution is 7.98. The maximum Gasteiger partial charge on any atom is 0.277 e. The van der Waals surface area contributed by atoms with Gasteiger partial charge in [-0.05, 0) is 24.3 Å². The molecule has 2 aromatic carbocycles. The second-order valence-corrected chi connectivity index (χ2v) is 5.94. The molecule has 0 radical (unpaired) electrons. The molecular formula is C17H13N5OS. The molecule has 0 spiro atoms. The number of aromatic nitrogens is 5. The number of hydrogen-bond donors (Lipinski definition) is 0. The van der Waals surface area contributed by atoms with E-state index < -0.39 is 0 Å². The lowest BCUT2D eigenvalue weighted by Crippen LogP contribution is -1.93. The minimum atomic E-state index is 0.517. The van der Waals surface area contributed by atoms with Crippen molar-refractivity contribution in [2.24, 2.45) is 0 Å². The molecule has 0 aliphatic carbocycles. The molecule has 0 unspecified atom stereocenters. The maximum atomic E-state index is 5.67. The van der Waals surface area contributed by atoms with E-state index in [-0.39, 0.29) is 0 Å². The van der Waals surface area contributed by atoms with E-state index in [1.807, 2.05) is 66.9 Å². The van der Waals surface area contributed by atoms with Crippen LogP contribution in [0.4, 0.5) is 0 Å². The summed E-state index contributed by atoms with van der Waals surface area (Å²) in [5.41, 5.74) is 2.74. The molecule has 0 atom stereocenters. The Kier molecular flexibility index (Phi) is 4.07. The van der Waals surface area contributed by atoms with Crippen molar-refractivity contribution in [1.82, 2.24) is 25.2 Å². The molecule has 0 N–H and O–H groups in total. The van der Waals surface area contributed by atoms with Gasteiger partial charge in [0.05, 0.1) is 17.6 Å². The van der Waals surface area contributed by atoms with E-state index in [4.69, 9.17) is 4.42 Å². The Labute approximate surface area is 142 Å². The molecule has 2 aromatic heterocycles. The molecule has 0 amide bonds. The summed E-state index contributed by atoms with van der Waals surface area (Å²) in [5.74, 6) is 1.13. The minimum Gasteiger partial charge on any atom is -0.411 e. The van der Waals surface area contributed by atoms with Crippen molar-refractivity contribution in [3.8, 4) is 17.1 Å². The fraction of sp³-hybridized carbons (Fsp3) is 0.0588. The van der Waals surface area contributed by atoms with Gasteiger partial charge in [0.25, 0.3) is 5.22 Å². The van der Waals surface area contributed by atoms with Gasteiger partial charge in [-0.2, -0.15) is 0 Å². The van der Waals surface area contributed by atoms with Crippen LogP contribution in [-0.4, -0.2) is 25.2 Å². The van der Waals surface area contributed by atoms with Crippen molar-refractivity contribution in [3.63, 3.8) is 0 Å². The number of benzene rings is 2. The van der Waals surface area contributed by atoms with Gasteiger partial charge in [-0.15, -0.1) is 15.3 Å². The molecule has 0 saturated heterocycles. The predicted octanol–water partition coefficient (Wildman–Crippen LogP) is 3.61. The van der Waals surface area contributed by atoms with Crippen LogP contribution >= 0.6 is 11.8 Å². The van der Waals surface area contributed by atoms with Gasteiger partial charge in [-0.3, -0.25) is 0 Å². The maximum absolute atomic E-state index is 5.67. The van der Waals surface area contributed by atoms with Gasteiger partial charge in [-0.1, -0.05) is 53.4 Å². The van der Waals surface area contributed by atoms with Crippen molar-refractivity contribution in [3.05, 3.63) is 72.6 Å². The Balaban J connectivity index is 1.43. The fourth-order valence-electron chi connectivity index (χ4n) is 2.17. The average molecular weight is 335 g/mol. The van der Waals surface area contributed by atoms with Gasteiger partial charge in [0.2, 0.25) is 5.89 Å². The first-order valence-electron chi connectivity index (χ1n) is 7.37. The summed E-state index contributed by atoms with van der Waals surface area (Å²) in [5, 5.41) is 17.0. The standard InChI is InChI=1S/C17H13N5OS/c1-3-7-13(8-4-1)16-19-20-17(23-16)24-12-14-11-22(21-18-14)15-9-5-2-6-10-15/h1-11H,12H2. The molecule has 4 rings (SSSR count). The van der Waals surface area contributed by atoms with Gasteiger partial charge in [0, 0.05) is 11.3 Å². The number of thioether (sulfide) groups is 1. The van der Waals surface area contributed by atoms with E-state index in [1.165, 1.54) is 11.8 Å². The Morgan fingerprint density at radius 1 is 0.875 bits per heavy atom. The third-order valence-electron chi connectivity index (χ3n) is 3.33. The number of para-hydroxylation sites is 1. The second kappa shape index (κ2) is 6.67. The van der Waals surface area contributed by atoms with E-state index in [2.05, 4.69) is 20.5 Å². The molecule has 0 saturated carbocycles. The van der Waals surface area contributed by atoms with Crippen molar-refractivity contribution in [2.75, 3.05) is 0 Å². The monoisotopic (exact) mass is 335 g/mol. The Morgan fingerprint density at radius 3 is 2.42 bits per heavy atom. The first-order chi connectivity index (χ1) is 11.9. The molecule has 0 bridgehead atoms. The van der Waals surface area contributed by atoms with Gasteiger partial charge >= 0.3 is 0 Å². The van der Waals surface area contributed by atoms with Crippen LogP contribution in [0.5, 0.6) is 0 Å². The van der Waals surface area contributed by atoms with E-state index >= 15 is 0 Å². The van der Waals surface area contributed by atoms with Gasteiger partial charge in [0.15, 0.2) is 0 Å².